The number of imidazole rings is 1. The molecule has 0 saturated carbocycles. The molecule has 0 spiro atoms. The third kappa shape index (κ3) is 4.14. The normalized spacial score (nSPS) is 11.1. The second-order valence-electron chi connectivity index (χ2n) is 7.15. The zero-order chi connectivity index (χ0) is 21.8. The Hall–Kier alpha value is -3.36. The van der Waals surface area contributed by atoms with Crippen LogP contribution in [0.4, 0.5) is 5.95 Å². The standard InChI is InChI=1S/C21H28N6O3/c1-5-7-8-9-26-18-15(11-14(19(22)28)12-17(18)30-4)23-21(26)24-20(29)16-10-13(3)25-27(16)6-2/h10-12H,5-9H2,1-4H3,(H2,22,28)(H,23,24,29). The van der Waals surface area contributed by atoms with E-state index in [9.17, 15) is 9.59 Å². The van der Waals surface area contributed by atoms with Crippen LogP contribution in [-0.4, -0.2) is 38.3 Å². The highest BCUT2D eigenvalue weighted by molar-refractivity contribution is 6.04. The summed E-state index contributed by atoms with van der Waals surface area (Å²) in [6.07, 6.45) is 3.01. The average molecular weight is 412 g/mol. The molecule has 2 amide bonds. The minimum atomic E-state index is -0.566. The number of carbonyl (C=O) groups is 2. The van der Waals surface area contributed by atoms with Gasteiger partial charge in [-0.05, 0) is 38.5 Å². The molecule has 0 aliphatic rings. The zero-order valence-electron chi connectivity index (χ0n) is 17.9. The van der Waals surface area contributed by atoms with E-state index in [1.54, 1.807) is 22.9 Å². The fraction of sp³-hybridized carbons (Fsp3) is 0.429. The van der Waals surface area contributed by atoms with Crippen LogP contribution in [0.1, 0.15) is 59.7 Å². The van der Waals surface area contributed by atoms with Gasteiger partial charge in [0.05, 0.1) is 18.3 Å². The molecule has 0 aliphatic carbocycles. The number of primary amides is 1. The number of carbonyl (C=O) groups excluding carboxylic acids is 2. The average Bonchev–Trinajstić information content (AvgIpc) is 3.27. The number of aryl methyl sites for hydroxylation is 3. The van der Waals surface area contributed by atoms with Crippen molar-refractivity contribution in [3.05, 3.63) is 35.2 Å². The Morgan fingerprint density at radius 2 is 1.97 bits per heavy atom. The number of fused-ring (bicyclic) bond motifs is 1. The van der Waals surface area contributed by atoms with Gasteiger partial charge in [0.25, 0.3) is 5.91 Å². The molecule has 1 aromatic carbocycles. The van der Waals surface area contributed by atoms with E-state index in [0.717, 1.165) is 25.0 Å². The summed E-state index contributed by atoms with van der Waals surface area (Å²) in [4.78, 5) is 29.3. The zero-order valence-corrected chi connectivity index (χ0v) is 17.9. The lowest BCUT2D eigenvalue weighted by molar-refractivity contribution is 0.0995. The molecule has 3 aromatic rings. The third-order valence-electron chi connectivity index (χ3n) is 4.96. The van der Waals surface area contributed by atoms with Crippen LogP contribution < -0.4 is 15.8 Å². The van der Waals surface area contributed by atoms with Gasteiger partial charge in [0.2, 0.25) is 11.9 Å². The van der Waals surface area contributed by atoms with Gasteiger partial charge in [-0.3, -0.25) is 19.6 Å². The topological polar surface area (TPSA) is 117 Å². The largest absolute Gasteiger partial charge is 0.494 e. The molecule has 30 heavy (non-hydrogen) atoms. The Bertz CT molecular complexity index is 1080. The van der Waals surface area contributed by atoms with Gasteiger partial charge >= 0.3 is 0 Å². The fourth-order valence-electron chi connectivity index (χ4n) is 3.50. The maximum absolute atomic E-state index is 13.0. The first-order valence-electron chi connectivity index (χ1n) is 10.1. The second kappa shape index (κ2) is 8.98. The van der Waals surface area contributed by atoms with E-state index < -0.39 is 5.91 Å². The molecule has 0 saturated heterocycles. The molecule has 0 unspecified atom stereocenters. The van der Waals surface area contributed by atoms with Crippen molar-refractivity contribution in [1.82, 2.24) is 19.3 Å². The van der Waals surface area contributed by atoms with Crippen LogP contribution in [0.2, 0.25) is 0 Å². The summed E-state index contributed by atoms with van der Waals surface area (Å²) >= 11 is 0. The van der Waals surface area contributed by atoms with Gasteiger partial charge in [-0.25, -0.2) is 4.98 Å². The number of amides is 2. The van der Waals surface area contributed by atoms with Crippen LogP contribution in [0.15, 0.2) is 18.2 Å². The van der Waals surface area contributed by atoms with E-state index in [4.69, 9.17) is 10.5 Å². The summed E-state index contributed by atoms with van der Waals surface area (Å²) in [5.41, 5.74) is 8.24. The van der Waals surface area contributed by atoms with E-state index in [-0.39, 0.29) is 5.91 Å². The van der Waals surface area contributed by atoms with Gasteiger partial charge in [-0.2, -0.15) is 5.10 Å². The van der Waals surface area contributed by atoms with Gasteiger partial charge in [-0.1, -0.05) is 19.8 Å². The quantitative estimate of drug-likeness (QED) is 0.524. The Morgan fingerprint density at radius 1 is 1.20 bits per heavy atom. The summed E-state index contributed by atoms with van der Waals surface area (Å²) in [5, 5.41) is 7.24. The Morgan fingerprint density at radius 3 is 2.60 bits per heavy atom. The van der Waals surface area contributed by atoms with Crippen molar-refractivity contribution in [3.8, 4) is 5.75 Å². The number of methoxy groups -OCH3 is 1. The number of ether oxygens (including phenoxy) is 1. The van der Waals surface area contributed by atoms with Crippen LogP contribution in [-0.2, 0) is 13.1 Å². The van der Waals surface area contributed by atoms with Crippen molar-refractivity contribution < 1.29 is 14.3 Å². The Balaban J connectivity index is 2.08. The van der Waals surface area contributed by atoms with Crippen molar-refractivity contribution in [2.75, 3.05) is 12.4 Å². The van der Waals surface area contributed by atoms with E-state index in [1.165, 1.54) is 7.11 Å². The molecule has 0 atom stereocenters. The van der Waals surface area contributed by atoms with Crippen molar-refractivity contribution in [1.29, 1.82) is 0 Å². The molecule has 0 aliphatic heterocycles. The maximum atomic E-state index is 13.0. The van der Waals surface area contributed by atoms with Crippen LogP contribution in [0.5, 0.6) is 5.75 Å². The first-order chi connectivity index (χ1) is 14.4. The molecule has 9 heteroatoms. The number of nitrogens with two attached hydrogens (primary N) is 1. The minimum absolute atomic E-state index is 0.293. The number of nitrogens with one attached hydrogen (secondary N) is 1. The first-order valence-corrected chi connectivity index (χ1v) is 10.1. The van der Waals surface area contributed by atoms with Crippen LogP contribution in [0.25, 0.3) is 11.0 Å². The fourth-order valence-corrected chi connectivity index (χ4v) is 3.50. The van der Waals surface area contributed by atoms with Crippen LogP contribution in [0, 0.1) is 6.92 Å². The number of anilines is 1. The summed E-state index contributed by atoms with van der Waals surface area (Å²) in [6.45, 7) is 7.14. The number of rotatable bonds is 9. The number of unbranched alkanes of at least 4 members (excludes halogenated alkanes) is 2. The van der Waals surface area contributed by atoms with E-state index in [0.29, 0.717) is 47.1 Å². The van der Waals surface area contributed by atoms with Gasteiger partial charge in [0.15, 0.2) is 0 Å². The molecular weight excluding hydrogens is 384 g/mol. The lowest BCUT2D eigenvalue weighted by atomic mass is 10.1. The molecule has 3 rings (SSSR count). The van der Waals surface area contributed by atoms with Crippen molar-refractivity contribution in [2.45, 2.75) is 53.1 Å². The van der Waals surface area contributed by atoms with Crippen molar-refractivity contribution in [2.24, 2.45) is 5.73 Å². The lowest BCUT2D eigenvalue weighted by Crippen LogP contribution is -2.20. The molecule has 9 nitrogen and oxygen atoms in total. The van der Waals surface area contributed by atoms with Crippen molar-refractivity contribution in [3.63, 3.8) is 0 Å². The highest BCUT2D eigenvalue weighted by Crippen LogP contribution is 2.31. The Labute approximate surface area is 175 Å². The van der Waals surface area contributed by atoms with E-state index in [1.807, 2.05) is 18.4 Å². The third-order valence-corrected chi connectivity index (χ3v) is 4.96. The second-order valence-corrected chi connectivity index (χ2v) is 7.15. The number of hydrogen-bond donors (Lipinski definition) is 2. The molecule has 0 radical (unpaired) electrons. The first kappa shape index (κ1) is 21.4. The predicted octanol–water partition coefficient (Wildman–Crippen LogP) is 3.11. The van der Waals surface area contributed by atoms with E-state index in [2.05, 4.69) is 22.3 Å². The molecule has 160 valence electrons. The summed E-state index contributed by atoms with van der Waals surface area (Å²) in [5.74, 6) is 0.0231. The van der Waals surface area contributed by atoms with Gasteiger partial charge in [0, 0.05) is 18.7 Å². The van der Waals surface area contributed by atoms with Gasteiger partial charge < -0.3 is 15.0 Å². The number of benzene rings is 1. The van der Waals surface area contributed by atoms with Crippen molar-refractivity contribution >= 4 is 28.8 Å². The smallest absolute Gasteiger partial charge is 0.276 e. The molecule has 0 bridgehead atoms. The summed E-state index contributed by atoms with van der Waals surface area (Å²) < 4.78 is 9.09. The molecule has 2 aromatic heterocycles. The predicted molar refractivity (Wildman–Crippen MR) is 115 cm³/mol. The minimum Gasteiger partial charge on any atom is -0.494 e. The number of hydrogen-bond acceptors (Lipinski definition) is 5. The summed E-state index contributed by atoms with van der Waals surface area (Å²) in [6, 6.07) is 4.96. The van der Waals surface area contributed by atoms with Crippen LogP contribution in [0.3, 0.4) is 0 Å². The van der Waals surface area contributed by atoms with E-state index >= 15 is 0 Å². The lowest BCUT2D eigenvalue weighted by Gasteiger charge is -2.12. The van der Waals surface area contributed by atoms with Gasteiger partial charge in [0.1, 0.15) is 17.0 Å². The number of nitrogens with zero attached hydrogens (tertiary/aromatic N) is 4. The van der Waals surface area contributed by atoms with Crippen LogP contribution >= 0.6 is 0 Å². The maximum Gasteiger partial charge on any atom is 0.276 e. The monoisotopic (exact) mass is 412 g/mol. The highest BCUT2D eigenvalue weighted by atomic mass is 16.5. The SMILES string of the molecule is CCCCCn1c(NC(=O)c2cc(C)nn2CC)nc2cc(C(N)=O)cc(OC)c21. The number of aromatic nitrogens is 4. The summed E-state index contributed by atoms with van der Waals surface area (Å²) in [7, 11) is 1.53. The highest BCUT2D eigenvalue weighted by Gasteiger charge is 2.21. The molecule has 0 fully saturated rings. The molecule has 3 N–H and O–H groups in total. The molecule has 2 heterocycles. The molecular formula is C21H28N6O3. The Kier molecular flexibility index (Phi) is 6.39. The van der Waals surface area contributed by atoms with Gasteiger partial charge in [-0.15, -0.1) is 0 Å².